The molecule has 0 aliphatic carbocycles. The number of rotatable bonds is 3. The highest BCUT2D eigenvalue weighted by atomic mass is 16.6. The van der Waals surface area contributed by atoms with Crippen LogP contribution in [-0.2, 0) is 4.74 Å². The molecule has 0 aromatic carbocycles. The topological polar surface area (TPSA) is 91.8 Å². The molecular formula is C16H23N3O4. The van der Waals surface area contributed by atoms with Crippen molar-refractivity contribution in [3.05, 3.63) is 23.9 Å². The van der Waals surface area contributed by atoms with Gasteiger partial charge < -0.3 is 20.1 Å². The summed E-state index contributed by atoms with van der Waals surface area (Å²) in [7, 11) is 0. The Balaban J connectivity index is 2.04. The van der Waals surface area contributed by atoms with Gasteiger partial charge in [0, 0.05) is 25.3 Å². The van der Waals surface area contributed by atoms with E-state index in [0.29, 0.717) is 18.9 Å². The van der Waals surface area contributed by atoms with E-state index < -0.39 is 17.7 Å². The van der Waals surface area contributed by atoms with Crippen LogP contribution in [0.5, 0.6) is 0 Å². The number of hydrogen-bond donors (Lipinski definition) is 2. The molecule has 7 nitrogen and oxygen atoms in total. The van der Waals surface area contributed by atoms with Crippen LogP contribution < -0.4 is 10.2 Å². The number of carbonyl (C=O) groups excluding carboxylic acids is 1. The number of nitrogens with zero attached hydrogens (tertiary/aromatic N) is 2. The number of piperidine rings is 1. The van der Waals surface area contributed by atoms with Crippen LogP contribution in [0.15, 0.2) is 18.3 Å². The van der Waals surface area contributed by atoms with Gasteiger partial charge in [0.15, 0.2) is 0 Å². The lowest BCUT2D eigenvalue weighted by atomic mass is 10.1. The predicted octanol–water partition coefficient (Wildman–Crippen LogP) is 2.27. The molecule has 2 heterocycles. The summed E-state index contributed by atoms with van der Waals surface area (Å²) in [5.41, 5.74) is -0.374. The van der Waals surface area contributed by atoms with Gasteiger partial charge in [-0.1, -0.05) is 0 Å². The molecule has 23 heavy (non-hydrogen) atoms. The van der Waals surface area contributed by atoms with Gasteiger partial charge in [-0.2, -0.15) is 0 Å². The van der Waals surface area contributed by atoms with Crippen molar-refractivity contribution in [1.82, 2.24) is 10.3 Å². The number of nitrogens with one attached hydrogen (secondary N) is 1. The Morgan fingerprint density at radius 2 is 2.17 bits per heavy atom. The largest absolute Gasteiger partial charge is 0.478 e. The van der Waals surface area contributed by atoms with E-state index in [9.17, 15) is 14.7 Å². The molecule has 1 aromatic heterocycles. The maximum atomic E-state index is 11.9. The maximum absolute atomic E-state index is 11.9. The van der Waals surface area contributed by atoms with E-state index in [4.69, 9.17) is 4.74 Å². The van der Waals surface area contributed by atoms with Gasteiger partial charge in [0.25, 0.3) is 0 Å². The molecule has 0 unspecified atom stereocenters. The number of hydrogen-bond acceptors (Lipinski definition) is 5. The summed E-state index contributed by atoms with van der Waals surface area (Å²) in [6.45, 7) is 6.66. The Labute approximate surface area is 135 Å². The third kappa shape index (κ3) is 4.84. The fourth-order valence-corrected chi connectivity index (χ4v) is 2.58. The number of aromatic nitrogens is 1. The number of carboxylic acids is 1. The number of amides is 1. The lowest BCUT2D eigenvalue weighted by Gasteiger charge is -2.34. The van der Waals surface area contributed by atoms with Gasteiger partial charge in [0.1, 0.15) is 17.0 Å². The van der Waals surface area contributed by atoms with Gasteiger partial charge in [-0.25, -0.2) is 14.6 Å². The minimum absolute atomic E-state index is 0.0951. The molecule has 0 bridgehead atoms. The van der Waals surface area contributed by atoms with Crippen LogP contribution in [0.4, 0.5) is 10.6 Å². The second-order valence-electron chi connectivity index (χ2n) is 6.61. The van der Waals surface area contributed by atoms with E-state index in [0.717, 1.165) is 12.8 Å². The minimum atomic E-state index is -1.00. The summed E-state index contributed by atoms with van der Waals surface area (Å²) in [5, 5.41) is 12.1. The third-order valence-electron chi connectivity index (χ3n) is 3.46. The second-order valence-corrected chi connectivity index (χ2v) is 6.61. The van der Waals surface area contributed by atoms with Crippen molar-refractivity contribution in [2.75, 3.05) is 18.0 Å². The van der Waals surface area contributed by atoms with Crippen LogP contribution in [-0.4, -0.2) is 46.9 Å². The predicted molar refractivity (Wildman–Crippen MR) is 85.8 cm³/mol. The van der Waals surface area contributed by atoms with E-state index in [2.05, 4.69) is 10.3 Å². The normalized spacial score (nSPS) is 18.4. The van der Waals surface area contributed by atoms with Crippen molar-refractivity contribution in [2.24, 2.45) is 0 Å². The Bertz CT molecular complexity index is 583. The molecule has 1 aromatic rings. The zero-order valence-electron chi connectivity index (χ0n) is 13.7. The number of alkyl carbamates (subject to hydrolysis) is 1. The molecule has 7 heteroatoms. The quantitative estimate of drug-likeness (QED) is 0.887. The molecule has 2 rings (SSSR count). The summed E-state index contributed by atoms with van der Waals surface area (Å²) in [6, 6.07) is 3.05. The van der Waals surface area contributed by atoms with Crippen LogP contribution >= 0.6 is 0 Å². The Kier molecular flexibility index (Phi) is 5.08. The smallest absolute Gasteiger partial charge is 0.407 e. The van der Waals surface area contributed by atoms with Crippen LogP contribution in [0.1, 0.15) is 44.0 Å². The lowest BCUT2D eigenvalue weighted by molar-refractivity contribution is 0.0499. The molecule has 1 fully saturated rings. The molecule has 1 saturated heterocycles. The molecule has 1 amide bonds. The molecule has 0 saturated carbocycles. The first-order valence-electron chi connectivity index (χ1n) is 7.69. The molecule has 0 spiro atoms. The Hall–Kier alpha value is -2.31. The fourth-order valence-electron chi connectivity index (χ4n) is 2.58. The molecular weight excluding hydrogens is 298 g/mol. The number of ether oxygens (including phenoxy) is 1. The number of carboxylic acid groups (broad SMARTS) is 1. The number of anilines is 1. The van der Waals surface area contributed by atoms with Crippen LogP contribution in [0, 0.1) is 0 Å². The van der Waals surface area contributed by atoms with Crippen molar-refractivity contribution in [3.63, 3.8) is 0 Å². The maximum Gasteiger partial charge on any atom is 0.407 e. The first-order valence-corrected chi connectivity index (χ1v) is 7.69. The van der Waals surface area contributed by atoms with Gasteiger partial charge in [-0.15, -0.1) is 0 Å². The summed E-state index contributed by atoms with van der Waals surface area (Å²) in [4.78, 5) is 29.3. The van der Waals surface area contributed by atoms with Crippen molar-refractivity contribution in [3.8, 4) is 0 Å². The van der Waals surface area contributed by atoms with Crippen LogP contribution in [0.3, 0.4) is 0 Å². The van der Waals surface area contributed by atoms with Crippen molar-refractivity contribution in [1.29, 1.82) is 0 Å². The summed E-state index contributed by atoms with van der Waals surface area (Å²) < 4.78 is 5.27. The average Bonchev–Trinajstić information content (AvgIpc) is 2.45. The SMILES string of the molecule is CC(C)(C)OC(=O)N[C@H]1CCCN(c2ncccc2C(=O)O)C1. The number of aromatic carboxylic acids is 1. The monoisotopic (exact) mass is 321 g/mol. The standard InChI is InChI=1S/C16H23N3O4/c1-16(2,3)23-15(22)18-11-6-5-9-19(10-11)13-12(14(20)21)7-4-8-17-13/h4,7-8,11H,5-6,9-10H2,1-3H3,(H,18,22)(H,20,21)/t11-/m0/s1. The van der Waals surface area contributed by atoms with Gasteiger partial charge in [-0.3, -0.25) is 0 Å². The second kappa shape index (κ2) is 6.85. The van der Waals surface area contributed by atoms with Crippen molar-refractivity contribution >= 4 is 17.9 Å². The minimum Gasteiger partial charge on any atom is -0.478 e. The highest BCUT2D eigenvalue weighted by molar-refractivity contribution is 5.93. The van der Waals surface area contributed by atoms with Crippen molar-refractivity contribution < 1.29 is 19.4 Å². The molecule has 1 aliphatic rings. The first kappa shape index (κ1) is 17.1. The van der Waals surface area contributed by atoms with Crippen LogP contribution in [0.25, 0.3) is 0 Å². The number of pyridine rings is 1. The van der Waals surface area contributed by atoms with Gasteiger partial charge in [0.05, 0.1) is 0 Å². The Morgan fingerprint density at radius 1 is 1.43 bits per heavy atom. The zero-order valence-corrected chi connectivity index (χ0v) is 13.7. The lowest BCUT2D eigenvalue weighted by Crippen LogP contribution is -2.49. The third-order valence-corrected chi connectivity index (χ3v) is 3.46. The zero-order chi connectivity index (χ0) is 17.0. The van der Waals surface area contributed by atoms with Gasteiger partial charge in [0.2, 0.25) is 0 Å². The van der Waals surface area contributed by atoms with E-state index in [-0.39, 0.29) is 11.6 Å². The fraction of sp³-hybridized carbons (Fsp3) is 0.562. The van der Waals surface area contributed by atoms with Crippen molar-refractivity contribution in [2.45, 2.75) is 45.3 Å². The summed E-state index contributed by atoms with van der Waals surface area (Å²) in [5.74, 6) is -0.564. The summed E-state index contributed by atoms with van der Waals surface area (Å²) in [6.07, 6.45) is 2.79. The highest BCUT2D eigenvalue weighted by Crippen LogP contribution is 2.22. The van der Waals surface area contributed by atoms with E-state index in [1.54, 1.807) is 12.3 Å². The molecule has 0 radical (unpaired) electrons. The van der Waals surface area contributed by atoms with E-state index in [1.807, 2.05) is 25.7 Å². The summed E-state index contributed by atoms with van der Waals surface area (Å²) >= 11 is 0. The number of carbonyl (C=O) groups is 2. The van der Waals surface area contributed by atoms with Crippen LogP contribution in [0.2, 0.25) is 0 Å². The highest BCUT2D eigenvalue weighted by Gasteiger charge is 2.26. The van der Waals surface area contributed by atoms with E-state index in [1.165, 1.54) is 6.07 Å². The Morgan fingerprint density at radius 3 is 2.83 bits per heavy atom. The molecule has 2 N–H and O–H groups in total. The van der Waals surface area contributed by atoms with E-state index >= 15 is 0 Å². The molecule has 1 atom stereocenters. The average molecular weight is 321 g/mol. The van der Waals surface area contributed by atoms with Gasteiger partial charge in [-0.05, 0) is 45.7 Å². The first-order chi connectivity index (χ1) is 10.8. The molecule has 126 valence electrons. The van der Waals surface area contributed by atoms with Gasteiger partial charge >= 0.3 is 12.1 Å². The molecule has 1 aliphatic heterocycles.